The van der Waals surface area contributed by atoms with Crippen molar-refractivity contribution >= 4 is 29.1 Å². The fourth-order valence-corrected chi connectivity index (χ4v) is 3.34. The van der Waals surface area contributed by atoms with E-state index in [1.54, 1.807) is 54.3 Å². The molecule has 6 heteroatoms. The number of nitrogens with zero attached hydrogens (tertiary/aromatic N) is 2. The standard InChI is InChI=1S/C20H21ClN2O3/c1-22(13-15-11-16(21)8-9-18(15)26-2)20(25)14-5-3-6-17(12-14)23-10-4-7-19(23)24/h3,5-6,8-9,11-12H,4,7,10,13H2,1-2H3. The van der Waals surface area contributed by atoms with Crippen LogP contribution in [0.1, 0.15) is 28.8 Å². The number of rotatable bonds is 5. The minimum atomic E-state index is -0.125. The number of halogens is 1. The maximum absolute atomic E-state index is 12.8. The molecule has 0 aromatic heterocycles. The van der Waals surface area contributed by atoms with Gasteiger partial charge in [-0.05, 0) is 42.8 Å². The van der Waals surface area contributed by atoms with Crippen LogP contribution in [0.3, 0.4) is 0 Å². The van der Waals surface area contributed by atoms with E-state index in [4.69, 9.17) is 16.3 Å². The van der Waals surface area contributed by atoms with E-state index in [-0.39, 0.29) is 11.8 Å². The molecule has 0 radical (unpaired) electrons. The molecule has 1 fully saturated rings. The molecular weight excluding hydrogens is 352 g/mol. The van der Waals surface area contributed by atoms with Crippen molar-refractivity contribution in [2.45, 2.75) is 19.4 Å². The van der Waals surface area contributed by atoms with Gasteiger partial charge in [-0.3, -0.25) is 9.59 Å². The highest BCUT2D eigenvalue weighted by Crippen LogP contribution is 2.25. The van der Waals surface area contributed by atoms with Gasteiger partial charge in [0.25, 0.3) is 5.91 Å². The summed E-state index contributed by atoms with van der Waals surface area (Å²) < 4.78 is 5.34. The first-order chi connectivity index (χ1) is 12.5. The van der Waals surface area contributed by atoms with Crippen molar-refractivity contribution in [3.63, 3.8) is 0 Å². The second kappa shape index (κ2) is 7.79. The van der Waals surface area contributed by atoms with Crippen molar-refractivity contribution in [3.05, 3.63) is 58.6 Å². The molecule has 0 atom stereocenters. The van der Waals surface area contributed by atoms with Gasteiger partial charge in [0, 0.05) is 48.4 Å². The van der Waals surface area contributed by atoms with Crippen molar-refractivity contribution in [2.24, 2.45) is 0 Å². The van der Waals surface area contributed by atoms with E-state index >= 15 is 0 Å². The monoisotopic (exact) mass is 372 g/mol. The zero-order chi connectivity index (χ0) is 18.7. The van der Waals surface area contributed by atoms with E-state index < -0.39 is 0 Å². The Morgan fingerprint density at radius 3 is 2.77 bits per heavy atom. The lowest BCUT2D eigenvalue weighted by Crippen LogP contribution is -2.27. The SMILES string of the molecule is COc1ccc(Cl)cc1CN(C)C(=O)c1cccc(N2CCCC2=O)c1. The summed E-state index contributed by atoms with van der Waals surface area (Å²) in [6.07, 6.45) is 1.41. The Bertz CT molecular complexity index is 838. The van der Waals surface area contributed by atoms with Crippen LogP contribution in [0.25, 0.3) is 0 Å². The molecule has 1 heterocycles. The van der Waals surface area contributed by atoms with Gasteiger partial charge in [0.1, 0.15) is 5.75 Å². The second-order valence-electron chi connectivity index (χ2n) is 6.32. The number of benzene rings is 2. The minimum absolute atomic E-state index is 0.103. The normalized spacial score (nSPS) is 13.8. The topological polar surface area (TPSA) is 49.9 Å². The van der Waals surface area contributed by atoms with Gasteiger partial charge in [0.15, 0.2) is 0 Å². The van der Waals surface area contributed by atoms with Gasteiger partial charge in [0.05, 0.1) is 7.11 Å². The molecule has 2 amide bonds. The molecule has 1 aliphatic heterocycles. The highest BCUT2D eigenvalue weighted by Gasteiger charge is 2.23. The number of hydrogen-bond donors (Lipinski definition) is 0. The van der Waals surface area contributed by atoms with Crippen molar-refractivity contribution in [3.8, 4) is 5.75 Å². The molecule has 0 aliphatic carbocycles. The largest absolute Gasteiger partial charge is 0.496 e. The Hall–Kier alpha value is -2.53. The second-order valence-corrected chi connectivity index (χ2v) is 6.75. The van der Waals surface area contributed by atoms with Crippen LogP contribution in [0, 0.1) is 0 Å². The Morgan fingerprint density at radius 2 is 2.08 bits per heavy atom. The molecule has 0 N–H and O–H groups in total. The summed E-state index contributed by atoms with van der Waals surface area (Å²) in [6, 6.07) is 12.5. The van der Waals surface area contributed by atoms with Crippen molar-refractivity contribution in [1.29, 1.82) is 0 Å². The predicted molar refractivity (Wildman–Crippen MR) is 102 cm³/mol. The molecule has 1 aliphatic rings. The molecule has 26 heavy (non-hydrogen) atoms. The number of carbonyl (C=O) groups excluding carboxylic acids is 2. The van der Waals surface area contributed by atoms with E-state index in [9.17, 15) is 9.59 Å². The number of carbonyl (C=O) groups is 2. The Balaban J connectivity index is 1.79. The lowest BCUT2D eigenvalue weighted by Gasteiger charge is -2.21. The number of ether oxygens (including phenoxy) is 1. The maximum Gasteiger partial charge on any atom is 0.253 e. The molecule has 1 saturated heterocycles. The van der Waals surface area contributed by atoms with E-state index in [1.807, 2.05) is 12.1 Å². The first-order valence-corrected chi connectivity index (χ1v) is 8.85. The summed E-state index contributed by atoms with van der Waals surface area (Å²) in [6.45, 7) is 1.07. The van der Waals surface area contributed by atoms with E-state index in [2.05, 4.69) is 0 Å². The quantitative estimate of drug-likeness (QED) is 0.803. The van der Waals surface area contributed by atoms with E-state index in [0.29, 0.717) is 35.8 Å². The van der Waals surface area contributed by atoms with E-state index in [1.165, 1.54) is 0 Å². The molecule has 2 aromatic carbocycles. The summed E-state index contributed by atoms with van der Waals surface area (Å²) in [5, 5.41) is 0.594. The molecule has 0 saturated carbocycles. The number of anilines is 1. The van der Waals surface area contributed by atoms with Gasteiger partial charge in [-0.2, -0.15) is 0 Å². The molecule has 2 aromatic rings. The third-order valence-electron chi connectivity index (χ3n) is 4.47. The third kappa shape index (κ3) is 3.83. The van der Waals surface area contributed by atoms with Crippen LogP contribution < -0.4 is 9.64 Å². The van der Waals surface area contributed by atoms with Crippen LogP contribution in [0.2, 0.25) is 5.02 Å². The summed E-state index contributed by atoms with van der Waals surface area (Å²) in [4.78, 5) is 28.1. The predicted octanol–water partition coefficient (Wildman–Crippen LogP) is 3.75. The summed E-state index contributed by atoms with van der Waals surface area (Å²) in [5.41, 5.74) is 2.15. The zero-order valence-corrected chi connectivity index (χ0v) is 15.6. The van der Waals surface area contributed by atoms with Crippen LogP contribution in [0.15, 0.2) is 42.5 Å². The first kappa shape index (κ1) is 18.3. The summed E-state index contributed by atoms with van der Waals surface area (Å²) in [7, 11) is 3.32. The fraction of sp³-hybridized carbons (Fsp3) is 0.300. The van der Waals surface area contributed by atoms with Crippen LogP contribution in [0.5, 0.6) is 5.75 Å². The molecule has 0 bridgehead atoms. The van der Waals surface area contributed by atoms with Crippen LogP contribution in [-0.2, 0) is 11.3 Å². The summed E-state index contributed by atoms with van der Waals surface area (Å²) in [5.74, 6) is 0.664. The van der Waals surface area contributed by atoms with Gasteiger partial charge in [-0.1, -0.05) is 17.7 Å². The zero-order valence-electron chi connectivity index (χ0n) is 14.9. The van der Waals surface area contributed by atoms with Crippen molar-refractivity contribution in [2.75, 3.05) is 25.6 Å². The first-order valence-electron chi connectivity index (χ1n) is 8.48. The lowest BCUT2D eigenvalue weighted by molar-refractivity contribution is -0.117. The van der Waals surface area contributed by atoms with Gasteiger partial charge in [0.2, 0.25) is 5.91 Å². The van der Waals surface area contributed by atoms with Crippen molar-refractivity contribution in [1.82, 2.24) is 4.90 Å². The Kier molecular flexibility index (Phi) is 5.47. The molecule has 0 spiro atoms. The van der Waals surface area contributed by atoms with Gasteiger partial charge >= 0.3 is 0 Å². The highest BCUT2D eigenvalue weighted by molar-refractivity contribution is 6.30. The van der Waals surface area contributed by atoms with Crippen LogP contribution in [-0.4, -0.2) is 37.4 Å². The Morgan fingerprint density at radius 1 is 1.27 bits per heavy atom. The van der Waals surface area contributed by atoms with Crippen molar-refractivity contribution < 1.29 is 14.3 Å². The average Bonchev–Trinajstić information content (AvgIpc) is 3.07. The van der Waals surface area contributed by atoms with Crippen LogP contribution >= 0.6 is 11.6 Å². The number of amides is 2. The molecule has 3 rings (SSSR count). The molecule has 0 unspecified atom stereocenters. The third-order valence-corrected chi connectivity index (χ3v) is 4.71. The van der Waals surface area contributed by atoms with Gasteiger partial charge in [-0.25, -0.2) is 0 Å². The van der Waals surface area contributed by atoms with Gasteiger partial charge < -0.3 is 14.5 Å². The average molecular weight is 373 g/mol. The Labute approximate surface area is 158 Å². The fourth-order valence-electron chi connectivity index (χ4n) is 3.15. The minimum Gasteiger partial charge on any atom is -0.496 e. The smallest absolute Gasteiger partial charge is 0.253 e. The number of hydrogen-bond acceptors (Lipinski definition) is 3. The number of methoxy groups -OCH3 is 1. The maximum atomic E-state index is 12.8. The highest BCUT2D eigenvalue weighted by atomic mass is 35.5. The lowest BCUT2D eigenvalue weighted by atomic mass is 10.1. The van der Waals surface area contributed by atoms with E-state index in [0.717, 1.165) is 17.7 Å². The van der Waals surface area contributed by atoms with Crippen LogP contribution in [0.4, 0.5) is 5.69 Å². The molecule has 136 valence electrons. The van der Waals surface area contributed by atoms with Gasteiger partial charge in [-0.15, -0.1) is 0 Å². The molecular formula is C20H21ClN2O3. The molecule has 5 nitrogen and oxygen atoms in total. The summed E-state index contributed by atoms with van der Waals surface area (Å²) >= 11 is 6.06.